The topological polar surface area (TPSA) is 32.3 Å². The summed E-state index contributed by atoms with van der Waals surface area (Å²) in [6.45, 7) is 9.16. The minimum atomic E-state index is 0.0689. The lowest BCUT2D eigenvalue weighted by Crippen LogP contribution is -2.40. The molecule has 2 aromatic carbocycles. The van der Waals surface area contributed by atoms with Crippen LogP contribution in [0.3, 0.4) is 0 Å². The van der Waals surface area contributed by atoms with Gasteiger partial charge in [-0.3, -0.25) is 9.69 Å². The van der Waals surface area contributed by atoms with Gasteiger partial charge in [-0.05, 0) is 74.5 Å². The molecule has 2 aromatic rings. The average molecular weight is 336 g/mol. The Hall–Kier alpha value is -2.13. The van der Waals surface area contributed by atoms with Crippen LogP contribution in [0.2, 0.25) is 0 Å². The molecule has 0 bridgehead atoms. The van der Waals surface area contributed by atoms with Crippen molar-refractivity contribution in [3.05, 3.63) is 64.7 Å². The van der Waals surface area contributed by atoms with Crippen molar-refractivity contribution in [3.63, 3.8) is 0 Å². The van der Waals surface area contributed by atoms with Crippen LogP contribution >= 0.6 is 0 Å². The molecular weight excluding hydrogens is 308 g/mol. The molecule has 0 radical (unpaired) electrons. The van der Waals surface area contributed by atoms with Gasteiger partial charge in [-0.2, -0.15) is 0 Å². The number of aryl methyl sites for hydroxylation is 3. The van der Waals surface area contributed by atoms with Crippen molar-refractivity contribution in [2.24, 2.45) is 5.92 Å². The second-order valence-corrected chi connectivity index (χ2v) is 7.29. The van der Waals surface area contributed by atoms with Crippen LogP contribution in [0.1, 0.15) is 35.1 Å². The molecule has 132 valence electrons. The monoisotopic (exact) mass is 336 g/mol. The van der Waals surface area contributed by atoms with E-state index in [4.69, 9.17) is 0 Å². The number of rotatable bonds is 4. The molecule has 1 aliphatic heterocycles. The predicted molar refractivity (Wildman–Crippen MR) is 104 cm³/mol. The van der Waals surface area contributed by atoms with Gasteiger partial charge < -0.3 is 5.32 Å². The molecule has 1 aliphatic rings. The maximum absolute atomic E-state index is 12.7. The first-order valence-corrected chi connectivity index (χ1v) is 9.18. The summed E-state index contributed by atoms with van der Waals surface area (Å²) < 4.78 is 0. The smallest absolute Gasteiger partial charge is 0.228 e. The van der Waals surface area contributed by atoms with E-state index in [1.807, 2.05) is 6.07 Å². The number of benzene rings is 2. The maximum Gasteiger partial charge on any atom is 0.228 e. The zero-order valence-corrected chi connectivity index (χ0v) is 15.5. The van der Waals surface area contributed by atoms with Crippen LogP contribution in [-0.4, -0.2) is 23.9 Å². The molecule has 3 nitrogen and oxygen atoms in total. The molecule has 25 heavy (non-hydrogen) atoms. The van der Waals surface area contributed by atoms with Crippen molar-refractivity contribution in [1.29, 1.82) is 0 Å². The molecule has 0 saturated carbocycles. The molecule has 1 unspecified atom stereocenters. The van der Waals surface area contributed by atoms with Gasteiger partial charge in [0.2, 0.25) is 5.91 Å². The first-order valence-electron chi connectivity index (χ1n) is 9.18. The highest BCUT2D eigenvalue weighted by Crippen LogP contribution is 2.22. The predicted octanol–water partition coefficient (Wildman–Crippen LogP) is 4.46. The summed E-state index contributed by atoms with van der Waals surface area (Å²) in [6.07, 6.45) is 2.05. The Kier molecular flexibility index (Phi) is 5.54. The van der Waals surface area contributed by atoms with Crippen LogP contribution in [0.15, 0.2) is 42.5 Å². The summed E-state index contributed by atoms with van der Waals surface area (Å²) >= 11 is 0. The Bertz CT molecular complexity index is 753. The zero-order valence-electron chi connectivity index (χ0n) is 15.5. The molecule has 3 rings (SSSR count). The zero-order chi connectivity index (χ0) is 17.8. The highest BCUT2D eigenvalue weighted by molar-refractivity contribution is 5.92. The lowest BCUT2D eigenvalue weighted by atomic mass is 9.96. The van der Waals surface area contributed by atoms with Gasteiger partial charge in [-0.25, -0.2) is 0 Å². The van der Waals surface area contributed by atoms with Crippen molar-refractivity contribution in [1.82, 2.24) is 4.90 Å². The summed E-state index contributed by atoms with van der Waals surface area (Å²) in [5.74, 6) is 0.220. The second kappa shape index (κ2) is 7.83. The fourth-order valence-electron chi connectivity index (χ4n) is 3.51. The van der Waals surface area contributed by atoms with Gasteiger partial charge in [-0.1, -0.05) is 30.3 Å². The van der Waals surface area contributed by atoms with Crippen molar-refractivity contribution in [2.45, 2.75) is 40.2 Å². The number of likely N-dealkylation sites (tertiary alicyclic amines) is 1. The number of amides is 1. The molecule has 0 spiro atoms. The van der Waals surface area contributed by atoms with E-state index < -0.39 is 0 Å². The lowest BCUT2D eigenvalue weighted by molar-refractivity contribution is -0.121. The number of nitrogens with one attached hydrogen (secondary N) is 1. The molecule has 1 atom stereocenters. The number of piperidine rings is 1. The third-order valence-corrected chi connectivity index (χ3v) is 5.31. The molecular formula is C22H28N2O. The van der Waals surface area contributed by atoms with Crippen molar-refractivity contribution < 1.29 is 4.79 Å². The van der Waals surface area contributed by atoms with E-state index in [2.05, 4.69) is 67.4 Å². The van der Waals surface area contributed by atoms with Crippen LogP contribution < -0.4 is 5.32 Å². The van der Waals surface area contributed by atoms with Crippen molar-refractivity contribution >= 4 is 11.6 Å². The molecule has 1 N–H and O–H groups in total. The summed E-state index contributed by atoms with van der Waals surface area (Å²) in [4.78, 5) is 15.1. The first-order chi connectivity index (χ1) is 12.0. The number of nitrogens with zero attached hydrogens (tertiary/aromatic N) is 1. The van der Waals surface area contributed by atoms with Gasteiger partial charge in [0.05, 0.1) is 5.92 Å². The summed E-state index contributed by atoms with van der Waals surface area (Å²) in [7, 11) is 0. The van der Waals surface area contributed by atoms with Crippen LogP contribution in [-0.2, 0) is 11.3 Å². The SMILES string of the molecule is Cc1ccc(NC(=O)C2CCCN(Cc3ccccc3C)C2)cc1C. The third kappa shape index (κ3) is 4.49. The van der Waals surface area contributed by atoms with Gasteiger partial charge >= 0.3 is 0 Å². The maximum atomic E-state index is 12.7. The van der Waals surface area contributed by atoms with Crippen LogP contribution in [0.5, 0.6) is 0 Å². The number of carbonyl (C=O) groups is 1. The van der Waals surface area contributed by atoms with E-state index in [1.54, 1.807) is 0 Å². The van der Waals surface area contributed by atoms with E-state index in [1.165, 1.54) is 22.3 Å². The van der Waals surface area contributed by atoms with E-state index in [0.717, 1.165) is 38.2 Å². The van der Waals surface area contributed by atoms with Crippen LogP contribution in [0, 0.1) is 26.7 Å². The minimum Gasteiger partial charge on any atom is -0.326 e. The largest absolute Gasteiger partial charge is 0.326 e. The van der Waals surface area contributed by atoms with E-state index in [-0.39, 0.29) is 11.8 Å². The van der Waals surface area contributed by atoms with Gasteiger partial charge in [0, 0.05) is 18.8 Å². The summed E-state index contributed by atoms with van der Waals surface area (Å²) in [5.41, 5.74) is 6.05. The Balaban J connectivity index is 1.61. The molecule has 1 heterocycles. The van der Waals surface area contributed by atoms with Gasteiger partial charge in [0.15, 0.2) is 0 Å². The number of hydrogen-bond donors (Lipinski definition) is 1. The Morgan fingerprint density at radius 3 is 2.64 bits per heavy atom. The number of hydrogen-bond acceptors (Lipinski definition) is 2. The van der Waals surface area contributed by atoms with Crippen LogP contribution in [0.25, 0.3) is 0 Å². The third-order valence-electron chi connectivity index (χ3n) is 5.31. The fourth-order valence-corrected chi connectivity index (χ4v) is 3.51. The molecule has 1 fully saturated rings. The van der Waals surface area contributed by atoms with Crippen LogP contribution in [0.4, 0.5) is 5.69 Å². The first kappa shape index (κ1) is 17.7. The summed E-state index contributed by atoms with van der Waals surface area (Å²) in [6, 6.07) is 14.6. The summed E-state index contributed by atoms with van der Waals surface area (Å²) in [5, 5.41) is 3.11. The van der Waals surface area contributed by atoms with Crippen molar-refractivity contribution in [2.75, 3.05) is 18.4 Å². The second-order valence-electron chi connectivity index (χ2n) is 7.29. The Morgan fingerprint density at radius 2 is 1.88 bits per heavy atom. The number of anilines is 1. The van der Waals surface area contributed by atoms with Gasteiger partial charge in [-0.15, -0.1) is 0 Å². The highest BCUT2D eigenvalue weighted by atomic mass is 16.1. The van der Waals surface area contributed by atoms with E-state index in [9.17, 15) is 4.79 Å². The molecule has 1 saturated heterocycles. The number of carbonyl (C=O) groups excluding carboxylic acids is 1. The van der Waals surface area contributed by atoms with Gasteiger partial charge in [0.25, 0.3) is 0 Å². The van der Waals surface area contributed by atoms with E-state index >= 15 is 0 Å². The average Bonchev–Trinajstić information content (AvgIpc) is 2.60. The van der Waals surface area contributed by atoms with E-state index in [0.29, 0.717) is 0 Å². The standard InChI is InChI=1S/C22H28N2O/c1-16-10-11-21(13-18(16)3)23-22(25)20-9-6-12-24(15-20)14-19-8-5-4-7-17(19)2/h4-5,7-8,10-11,13,20H,6,9,12,14-15H2,1-3H3,(H,23,25). The Labute approximate surface area is 151 Å². The quantitative estimate of drug-likeness (QED) is 0.894. The fraction of sp³-hybridized carbons (Fsp3) is 0.409. The highest BCUT2D eigenvalue weighted by Gasteiger charge is 2.26. The lowest BCUT2D eigenvalue weighted by Gasteiger charge is -2.32. The molecule has 1 amide bonds. The minimum absolute atomic E-state index is 0.0689. The van der Waals surface area contributed by atoms with Crippen molar-refractivity contribution in [3.8, 4) is 0 Å². The van der Waals surface area contributed by atoms with Gasteiger partial charge in [0.1, 0.15) is 0 Å². The molecule has 0 aromatic heterocycles. The molecule has 3 heteroatoms. The molecule has 0 aliphatic carbocycles. The normalized spacial score (nSPS) is 18.1. The Morgan fingerprint density at radius 1 is 1.08 bits per heavy atom.